The number of aryl methyl sites for hydroxylation is 2. The van der Waals surface area contributed by atoms with Gasteiger partial charge in [-0.15, -0.1) is 0 Å². The predicted octanol–water partition coefficient (Wildman–Crippen LogP) is 3.59. The molecule has 0 fully saturated rings. The maximum atomic E-state index is 14.1. The largest absolute Gasteiger partial charge is 0.399 e. The minimum Gasteiger partial charge on any atom is -0.399 e. The second-order valence-corrected chi connectivity index (χ2v) is 7.28. The Morgan fingerprint density at radius 1 is 1.14 bits per heavy atom. The first-order chi connectivity index (χ1) is 9.70. The van der Waals surface area contributed by atoms with E-state index in [0.717, 1.165) is 16.1 Å². The molecule has 3 N–H and O–H groups in total. The molecule has 0 unspecified atom stereocenters. The van der Waals surface area contributed by atoms with Crippen LogP contribution in [-0.2, 0) is 10.0 Å². The summed E-state index contributed by atoms with van der Waals surface area (Å²) in [6.07, 6.45) is 0. The highest BCUT2D eigenvalue weighted by Crippen LogP contribution is 2.27. The molecule has 0 atom stereocenters. The highest BCUT2D eigenvalue weighted by atomic mass is 79.9. The Morgan fingerprint density at radius 3 is 2.48 bits per heavy atom. The Hall–Kier alpha value is -1.60. The van der Waals surface area contributed by atoms with Crippen LogP contribution in [0.4, 0.5) is 15.8 Å². The van der Waals surface area contributed by atoms with E-state index in [4.69, 9.17) is 5.73 Å². The fraction of sp³-hybridized carbons (Fsp3) is 0.143. The van der Waals surface area contributed by atoms with E-state index in [1.807, 2.05) is 0 Å². The van der Waals surface area contributed by atoms with Crippen LogP contribution in [-0.4, -0.2) is 8.42 Å². The Bertz CT molecular complexity index is 807. The summed E-state index contributed by atoms with van der Waals surface area (Å²) in [5.41, 5.74) is 7.09. The summed E-state index contributed by atoms with van der Waals surface area (Å²) in [6.45, 7) is 3.22. The number of halogens is 2. The van der Waals surface area contributed by atoms with Gasteiger partial charge in [0.25, 0.3) is 10.0 Å². The zero-order valence-electron chi connectivity index (χ0n) is 11.4. The van der Waals surface area contributed by atoms with Gasteiger partial charge < -0.3 is 5.73 Å². The van der Waals surface area contributed by atoms with Gasteiger partial charge in [0.15, 0.2) is 0 Å². The van der Waals surface area contributed by atoms with Gasteiger partial charge in [0, 0.05) is 10.2 Å². The molecule has 0 aliphatic heterocycles. The summed E-state index contributed by atoms with van der Waals surface area (Å²) in [5, 5.41) is 0. The summed E-state index contributed by atoms with van der Waals surface area (Å²) in [6, 6.07) is 7.65. The molecule has 4 nitrogen and oxygen atoms in total. The SMILES string of the molecule is Cc1ccc(Br)cc1NS(=O)(=O)c1cc(N)cc(C)c1F. The van der Waals surface area contributed by atoms with E-state index in [1.54, 1.807) is 25.1 Å². The summed E-state index contributed by atoms with van der Waals surface area (Å²) >= 11 is 3.27. The van der Waals surface area contributed by atoms with Crippen LogP contribution >= 0.6 is 15.9 Å². The van der Waals surface area contributed by atoms with Crippen LogP contribution < -0.4 is 10.5 Å². The van der Waals surface area contributed by atoms with Crippen molar-refractivity contribution in [3.05, 3.63) is 51.7 Å². The van der Waals surface area contributed by atoms with Crippen LogP contribution in [0.15, 0.2) is 39.7 Å². The number of anilines is 2. The van der Waals surface area contributed by atoms with E-state index < -0.39 is 20.7 Å². The minimum absolute atomic E-state index is 0.182. The van der Waals surface area contributed by atoms with Crippen LogP contribution in [0.5, 0.6) is 0 Å². The van der Waals surface area contributed by atoms with E-state index >= 15 is 0 Å². The fourth-order valence-corrected chi connectivity index (χ4v) is 3.53. The average Bonchev–Trinajstić information content (AvgIpc) is 2.37. The molecule has 0 saturated heterocycles. The van der Waals surface area contributed by atoms with Gasteiger partial charge in [-0.3, -0.25) is 4.72 Å². The van der Waals surface area contributed by atoms with Crippen molar-refractivity contribution in [2.24, 2.45) is 0 Å². The molecule has 2 aromatic carbocycles. The Kier molecular flexibility index (Phi) is 4.25. The molecule has 112 valence electrons. The lowest BCUT2D eigenvalue weighted by Crippen LogP contribution is -2.16. The van der Waals surface area contributed by atoms with Gasteiger partial charge in [-0.1, -0.05) is 22.0 Å². The second kappa shape index (κ2) is 5.65. The number of rotatable bonds is 3. The normalized spacial score (nSPS) is 11.4. The van der Waals surface area contributed by atoms with Crippen molar-refractivity contribution in [1.82, 2.24) is 0 Å². The van der Waals surface area contributed by atoms with Crippen molar-refractivity contribution < 1.29 is 12.8 Å². The van der Waals surface area contributed by atoms with E-state index in [0.29, 0.717) is 5.69 Å². The molecule has 0 spiro atoms. The lowest BCUT2D eigenvalue weighted by molar-refractivity contribution is 0.565. The van der Waals surface area contributed by atoms with E-state index in [-0.39, 0.29) is 11.3 Å². The van der Waals surface area contributed by atoms with Crippen molar-refractivity contribution in [2.45, 2.75) is 18.7 Å². The Morgan fingerprint density at radius 2 is 1.81 bits per heavy atom. The van der Waals surface area contributed by atoms with Crippen molar-refractivity contribution >= 4 is 37.3 Å². The van der Waals surface area contributed by atoms with Crippen LogP contribution in [0, 0.1) is 19.7 Å². The van der Waals surface area contributed by atoms with Crippen molar-refractivity contribution in [2.75, 3.05) is 10.5 Å². The smallest absolute Gasteiger partial charge is 0.264 e. The van der Waals surface area contributed by atoms with Gasteiger partial charge in [0.2, 0.25) is 0 Å². The van der Waals surface area contributed by atoms with E-state index in [1.165, 1.54) is 13.0 Å². The highest BCUT2D eigenvalue weighted by molar-refractivity contribution is 9.10. The van der Waals surface area contributed by atoms with Crippen LogP contribution in [0.3, 0.4) is 0 Å². The number of hydrogen-bond acceptors (Lipinski definition) is 3. The molecule has 0 amide bonds. The van der Waals surface area contributed by atoms with E-state index in [9.17, 15) is 12.8 Å². The van der Waals surface area contributed by atoms with E-state index in [2.05, 4.69) is 20.7 Å². The third-order valence-corrected chi connectivity index (χ3v) is 4.83. The monoisotopic (exact) mass is 372 g/mol. The molecule has 0 radical (unpaired) electrons. The zero-order valence-corrected chi connectivity index (χ0v) is 13.8. The maximum Gasteiger partial charge on any atom is 0.264 e. The number of sulfonamides is 1. The molecule has 7 heteroatoms. The lowest BCUT2D eigenvalue weighted by atomic mass is 10.2. The van der Waals surface area contributed by atoms with Gasteiger partial charge >= 0.3 is 0 Å². The van der Waals surface area contributed by atoms with Crippen LogP contribution in [0.25, 0.3) is 0 Å². The van der Waals surface area contributed by atoms with Crippen LogP contribution in [0.2, 0.25) is 0 Å². The molecule has 2 aromatic rings. The van der Waals surface area contributed by atoms with Gasteiger partial charge in [0.1, 0.15) is 10.7 Å². The summed E-state index contributed by atoms with van der Waals surface area (Å²) in [4.78, 5) is -0.459. The molecule has 0 aliphatic rings. The molecule has 2 rings (SSSR count). The number of nitrogen functional groups attached to an aromatic ring is 1. The number of nitrogens with one attached hydrogen (secondary N) is 1. The van der Waals surface area contributed by atoms with Crippen molar-refractivity contribution in [1.29, 1.82) is 0 Å². The molecule has 0 bridgehead atoms. The third kappa shape index (κ3) is 3.36. The van der Waals surface area contributed by atoms with Gasteiger partial charge in [0.05, 0.1) is 5.69 Å². The van der Waals surface area contributed by atoms with Crippen molar-refractivity contribution in [3.63, 3.8) is 0 Å². The summed E-state index contributed by atoms with van der Waals surface area (Å²) < 4.78 is 41.9. The molecule has 21 heavy (non-hydrogen) atoms. The van der Waals surface area contributed by atoms with Crippen molar-refractivity contribution in [3.8, 4) is 0 Å². The first-order valence-corrected chi connectivity index (χ1v) is 8.33. The number of hydrogen-bond donors (Lipinski definition) is 2. The topological polar surface area (TPSA) is 72.2 Å². The summed E-state index contributed by atoms with van der Waals surface area (Å²) in [7, 11) is -4.05. The van der Waals surface area contributed by atoms with Gasteiger partial charge in [-0.2, -0.15) is 0 Å². The molecule has 0 heterocycles. The maximum absolute atomic E-state index is 14.1. The lowest BCUT2D eigenvalue weighted by Gasteiger charge is -2.13. The molecular formula is C14H14BrFN2O2S. The number of benzene rings is 2. The van der Waals surface area contributed by atoms with Gasteiger partial charge in [-0.25, -0.2) is 12.8 Å². The Labute approximate surface area is 131 Å². The second-order valence-electron chi connectivity index (χ2n) is 4.71. The minimum atomic E-state index is -4.05. The zero-order chi connectivity index (χ0) is 15.8. The Balaban J connectivity index is 2.51. The van der Waals surface area contributed by atoms with Gasteiger partial charge in [-0.05, 0) is 49.2 Å². The standard InChI is InChI=1S/C14H14BrFN2O2S/c1-8-3-4-10(15)6-12(8)18-21(19,20)13-7-11(17)5-9(2)14(13)16/h3-7,18H,17H2,1-2H3. The quantitative estimate of drug-likeness (QED) is 0.808. The third-order valence-electron chi connectivity index (χ3n) is 2.98. The molecule has 0 saturated carbocycles. The first kappa shape index (κ1) is 15.8. The highest BCUT2D eigenvalue weighted by Gasteiger charge is 2.22. The van der Waals surface area contributed by atoms with Crippen LogP contribution in [0.1, 0.15) is 11.1 Å². The molecule has 0 aromatic heterocycles. The fourth-order valence-electron chi connectivity index (χ4n) is 1.86. The first-order valence-electron chi connectivity index (χ1n) is 6.05. The molecular weight excluding hydrogens is 359 g/mol. The average molecular weight is 373 g/mol. The summed E-state index contributed by atoms with van der Waals surface area (Å²) in [5.74, 6) is -0.802. The predicted molar refractivity (Wildman–Crippen MR) is 85.2 cm³/mol. The molecule has 0 aliphatic carbocycles. The number of nitrogens with two attached hydrogens (primary N) is 1.